The second-order valence-corrected chi connectivity index (χ2v) is 7.23. The third kappa shape index (κ3) is 4.15. The van der Waals surface area contributed by atoms with Crippen molar-refractivity contribution in [1.82, 2.24) is 19.6 Å². The van der Waals surface area contributed by atoms with Crippen molar-refractivity contribution in [3.63, 3.8) is 0 Å². The van der Waals surface area contributed by atoms with Crippen molar-refractivity contribution in [3.05, 3.63) is 61.9 Å². The minimum atomic E-state index is -1.25. The van der Waals surface area contributed by atoms with Crippen LogP contribution >= 0.6 is 39.1 Å². The van der Waals surface area contributed by atoms with E-state index in [1.54, 1.807) is 23.0 Å². The molecule has 11 heteroatoms. The zero-order valence-corrected chi connectivity index (χ0v) is 16.9. The summed E-state index contributed by atoms with van der Waals surface area (Å²) in [5, 5.41) is 20.8. The molecule has 2 heterocycles. The molecular weight excluding hydrogens is 461 g/mol. The fourth-order valence-electron chi connectivity index (χ4n) is 2.42. The van der Waals surface area contributed by atoms with E-state index in [0.717, 1.165) is 10.2 Å². The fraction of sp³-hybridized carbons (Fsp3) is 0.125. The highest BCUT2D eigenvalue weighted by atomic mass is 79.9. The van der Waals surface area contributed by atoms with E-state index in [0.29, 0.717) is 21.1 Å². The minimum absolute atomic E-state index is 0.0593. The summed E-state index contributed by atoms with van der Waals surface area (Å²) < 4.78 is 3.26. The number of halogens is 3. The number of benzene rings is 1. The van der Waals surface area contributed by atoms with Crippen LogP contribution in [0.15, 0.2) is 35.1 Å². The molecule has 0 saturated heterocycles. The average molecular weight is 473 g/mol. The van der Waals surface area contributed by atoms with Gasteiger partial charge in [0.2, 0.25) is 0 Å². The van der Waals surface area contributed by atoms with E-state index in [1.165, 1.54) is 13.2 Å². The van der Waals surface area contributed by atoms with Crippen molar-refractivity contribution in [2.24, 2.45) is 7.05 Å². The molecule has 140 valence electrons. The van der Waals surface area contributed by atoms with Gasteiger partial charge >= 0.3 is 5.97 Å². The van der Waals surface area contributed by atoms with Gasteiger partial charge in [-0.2, -0.15) is 10.2 Å². The van der Waals surface area contributed by atoms with Gasteiger partial charge in [-0.15, -0.1) is 0 Å². The van der Waals surface area contributed by atoms with Crippen LogP contribution < -0.4 is 5.32 Å². The molecular formula is C16H12BrCl2N5O3. The van der Waals surface area contributed by atoms with Crippen molar-refractivity contribution < 1.29 is 14.7 Å². The molecule has 8 nitrogen and oxygen atoms in total. The van der Waals surface area contributed by atoms with E-state index >= 15 is 0 Å². The third-order valence-electron chi connectivity index (χ3n) is 3.66. The topological polar surface area (TPSA) is 102 Å². The second-order valence-electron chi connectivity index (χ2n) is 5.56. The lowest BCUT2D eigenvalue weighted by atomic mass is 10.2. The number of nitrogens with zero attached hydrogens (tertiary/aromatic N) is 4. The molecule has 0 atom stereocenters. The molecule has 0 aliphatic carbocycles. The van der Waals surface area contributed by atoms with Crippen molar-refractivity contribution in [1.29, 1.82) is 0 Å². The van der Waals surface area contributed by atoms with Gasteiger partial charge in [0.25, 0.3) is 5.91 Å². The lowest BCUT2D eigenvalue weighted by Crippen LogP contribution is -2.17. The molecule has 27 heavy (non-hydrogen) atoms. The molecule has 0 aliphatic rings. The molecule has 0 aliphatic heterocycles. The Morgan fingerprint density at radius 2 is 2.04 bits per heavy atom. The van der Waals surface area contributed by atoms with Crippen molar-refractivity contribution in [2.75, 3.05) is 5.32 Å². The number of carboxylic acids is 1. The highest BCUT2D eigenvalue weighted by molar-refractivity contribution is 9.10. The van der Waals surface area contributed by atoms with Crippen LogP contribution in [0.2, 0.25) is 10.0 Å². The average Bonchev–Trinajstić information content (AvgIpc) is 3.14. The predicted molar refractivity (Wildman–Crippen MR) is 104 cm³/mol. The number of carbonyl (C=O) groups is 2. The second kappa shape index (κ2) is 7.71. The van der Waals surface area contributed by atoms with Gasteiger partial charge < -0.3 is 10.4 Å². The molecule has 2 N–H and O–H groups in total. The first-order valence-electron chi connectivity index (χ1n) is 7.49. The van der Waals surface area contributed by atoms with Gasteiger partial charge in [-0.3, -0.25) is 14.2 Å². The number of carbonyl (C=O) groups excluding carboxylic acids is 1. The summed E-state index contributed by atoms with van der Waals surface area (Å²) in [6.45, 7) is 0.401. The quantitative estimate of drug-likeness (QED) is 0.589. The summed E-state index contributed by atoms with van der Waals surface area (Å²) in [7, 11) is 1.45. The van der Waals surface area contributed by atoms with Gasteiger partial charge in [-0.1, -0.05) is 29.3 Å². The smallest absolute Gasteiger partial charge is 0.354 e. The Labute approximate surface area is 171 Å². The Bertz CT molecular complexity index is 1050. The molecule has 0 fully saturated rings. The summed E-state index contributed by atoms with van der Waals surface area (Å²) in [6, 6.07) is 5.24. The standard InChI is InChI=1S/C16H12BrCl2N5O3/c1-23-13(16(26)27)9(5-20-23)15(25)21-14-10(17)7-24(22-14)6-8-2-3-11(18)12(19)4-8/h2-5,7H,6H2,1H3,(H,26,27)(H,21,22,25). The zero-order chi connectivity index (χ0) is 19.7. The molecule has 3 rings (SSSR count). The number of aromatic nitrogens is 4. The number of hydrogen-bond acceptors (Lipinski definition) is 4. The Kier molecular flexibility index (Phi) is 5.54. The summed E-state index contributed by atoms with van der Waals surface area (Å²) >= 11 is 15.2. The van der Waals surface area contributed by atoms with Gasteiger partial charge in [0.15, 0.2) is 11.5 Å². The number of amides is 1. The first kappa shape index (κ1) is 19.4. The summed E-state index contributed by atoms with van der Waals surface area (Å²) in [6.07, 6.45) is 2.87. The van der Waals surface area contributed by atoms with Crippen LogP contribution in [0.25, 0.3) is 0 Å². The Morgan fingerprint density at radius 1 is 1.30 bits per heavy atom. The number of nitrogens with one attached hydrogen (secondary N) is 1. The van der Waals surface area contributed by atoms with Gasteiger partial charge in [0.05, 0.1) is 32.8 Å². The lowest BCUT2D eigenvalue weighted by Gasteiger charge is -2.04. The molecule has 0 spiro atoms. The lowest BCUT2D eigenvalue weighted by molar-refractivity contribution is 0.0680. The maximum atomic E-state index is 12.4. The third-order valence-corrected chi connectivity index (χ3v) is 4.98. The van der Waals surface area contributed by atoms with Crippen LogP contribution in [0, 0.1) is 0 Å². The van der Waals surface area contributed by atoms with Crippen molar-refractivity contribution in [2.45, 2.75) is 6.54 Å². The number of carboxylic acid groups (broad SMARTS) is 1. The van der Waals surface area contributed by atoms with E-state index in [-0.39, 0.29) is 17.1 Å². The molecule has 2 aromatic heterocycles. The largest absolute Gasteiger partial charge is 0.477 e. The highest BCUT2D eigenvalue weighted by Gasteiger charge is 2.23. The first-order valence-corrected chi connectivity index (χ1v) is 9.04. The van der Waals surface area contributed by atoms with Crippen LogP contribution in [-0.4, -0.2) is 36.5 Å². The summed E-state index contributed by atoms with van der Waals surface area (Å²) in [5.74, 6) is -1.62. The van der Waals surface area contributed by atoms with E-state index in [1.807, 2.05) is 6.07 Å². The number of rotatable bonds is 5. The van der Waals surface area contributed by atoms with Gasteiger partial charge in [-0.25, -0.2) is 4.79 Å². The summed E-state index contributed by atoms with van der Waals surface area (Å²) in [5.41, 5.74) is 0.604. The van der Waals surface area contributed by atoms with Crippen molar-refractivity contribution >= 4 is 56.8 Å². The maximum absolute atomic E-state index is 12.4. The zero-order valence-electron chi connectivity index (χ0n) is 13.8. The molecule has 0 radical (unpaired) electrons. The van der Waals surface area contributed by atoms with Crippen LogP contribution in [0.1, 0.15) is 26.4 Å². The number of anilines is 1. The van der Waals surface area contributed by atoms with E-state index < -0.39 is 11.9 Å². The number of aromatic carboxylic acids is 1. The fourth-order valence-corrected chi connectivity index (χ4v) is 3.16. The molecule has 0 bridgehead atoms. The van der Waals surface area contributed by atoms with E-state index in [4.69, 9.17) is 23.2 Å². The van der Waals surface area contributed by atoms with Crippen LogP contribution in [-0.2, 0) is 13.6 Å². The Balaban J connectivity index is 1.79. The first-order chi connectivity index (χ1) is 12.8. The molecule has 0 saturated carbocycles. The summed E-state index contributed by atoms with van der Waals surface area (Å²) in [4.78, 5) is 23.7. The highest BCUT2D eigenvalue weighted by Crippen LogP contribution is 2.25. The Morgan fingerprint density at radius 3 is 2.70 bits per heavy atom. The van der Waals surface area contributed by atoms with E-state index in [9.17, 15) is 14.7 Å². The normalized spacial score (nSPS) is 10.8. The van der Waals surface area contributed by atoms with Gasteiger partial charge in [0, 0.05) is 13.2 Å². The van der Waals surface area contributed by atoms with Crippen molar-refractivity contribution in [3.8, 4) is 0 Å². The number of hydrogen-bond donors (Lipinski definition) is 2. The van der Waals surface area contributed by atoms with Gasteiger partial charge in [0.1, 0.15) is 0 Å². The molecule has 3 aromatic rings. The SMILES string of the molecule is Cn1ncc(C(=O)Nc2nn(Cc3ccc(Cl)c(Cl)c3)cc2Br)c1C(=O)O. The van der Waals surface area contributed by atoms with E-state index in [2.05, 4.69) is 31.4 Å². The number of aryl methyl sites for hydroxylation is 1. The molecule has 1 aromatic carbocycles. The maximum Gasteiger partial charge on any atom is 0.354 e. The monoisotopic (exact) mass is 471 g/mol. The van der Waals surface area contributed by atoms with Gasteiger partial charge in [-0.05, 0) is 33.6 Å². The predicted octanol–water partition coefficient (Wildman–Crippen LogP) is 3.68. The minimum Gasteiger partial charge on any atom is -0.477 e. The van der Waals surface area contributed by atoms with Crippen LogP contribution in [0.3, 0.4) is 0 Å². The van der Waals surface area contributed by atoms with Crippen LogP contribution in [0.5, 0.6) is 0 Å². The molecule has 1 amide bonds. The van der Waals surface area contributed by atoms with Crippen LogP contribution in [0.4, 0.5) is 5.82 Å². The molecule has 0 unspecified atom stereocenters. The Hall–Kier alpha value is -2.36.